The molecule has 2 amide bonds. The molecule has 3 aromatic carbocycles. The lowest BCUT2D eigenvalue weighted by atomic mass is 10.0. The summed E-state index contributed by atoms with van der Waals surface area (Å²) in [5, 5.41) is 3.29. The number of nitrogens with zero attached hydrogens (tertiary/aromatic N) is 1. The second kappa shape index (κ2) is 9.28. The quantitative estimate of drug-likeness (QED) is 0.418. The third kappa shape index (κ3) is 4.60. The van der Waals surface area contributed by atoms with Crippen molar-refractivity contribution in [3.8, 4) is 0 Å². The number of imide groups is 1. The van der Waals surface area contributed by atoms with E-state index in [-0.39, 0.29) is 11.8 Å². The van der Waals surface area contributed by atoms with E-state index in [2.05, 4.69) is 19.2 Å². The minimum atomic E-state index is -0.340. The molecule has 3 aromatic rings. The molecular weight excluding hydrogens is 428 g/mol. The summed E-state index contributed by atoms with van der Waals surface area (Å²) in [6.07, 6.45) is 0. The van der Waals surface area contributed by atoms with E-state index in [1.54, 1.807) is 0 Å². The minimum absolute atomic E-state index is 0.310. The molecule has 0 saturated carbocycles. The Morgan fingerprint density at radius 3 is 2.12 bits per heavy atom. The van der Waals surface area contributed by atoms with Crippen LogP contribution in [0, 0.1) is 20.8 Å². The summed E-state index contributed by atoms with van der Waals surface area (Å²) in [7, 11) is 0. The molecule has 5 heteroatoms. The van der Waals surface area contributed by atoms with Crippen molar-refractivity contribution in [3.63, 3.8) is 0 Å². The number of rotatable bonds is 6. The average Bonchev–Trinajstić information content (AvgIpc) is 3.02. The second-order valence-electron chi connectivity index (χ2n) is 8.68. The standard InChI is InChI=1S/C28H28N2O2S/c1-17(2)21-11-13-22(14-12-21)30-27(31)25(29-24-8-6-7-19(4)20(24)5)26(28(30)32)33-23-15-9-18(3)10-16-23/h6-17,29H,1-5H3. The maximum atomic E-state index is 13.6. The van der Waals surface area contributed by atoms with Gasteiger partial charge in [-0.1, -0.05) is 67.6 Å². The molecule has 33 heavy (non-hydrogen) atoms. The van der Waals surface area contributed by atoms with Gasteiger partial charge in [0.1, 0.15) is 10.6 Å². The smallest absolute Gasteiger partial charge is 0.283 e. The zero-order valence-corrected chi connectivity index (χ0v) is 20.4. The van der Waals surface area contributed by atoms with Crippen molar-refractivity contribution in [2.24, 2.45) is 0 Å². The van der Waals surface area contributed by atoms with Gasteiger partial charge in [-0.3, -0.25) is 9.59 Å². The number of thioether (sulfide) groups is 1. The fourth-order valence-electron chi connectivity index (χ4n) is 3.70. The van der Waals surface area contributed by atoms with Crippen molar-refractivity contribution in [1.82, 2.24) is 0 Å². The van der Waals surface area contributed by atoms with Crippen LogP contribution in [0.15, 0.2) is 82.2 Å². The van der Waals surface area contributed by atoms with Crippen molar-refractivity contribution < 1.29 is 9.59 Å². The largest absolute Gasteiger partial charge is 0.350 e. The third-order valence-corrected chi connectivity index (χ3v) is 7.06. The van der Waals surface area contributed by atoms with Crippen molar-refractivity contribution >= 4 is 35.0 Å². The molecule has 0 aromatic heterocycles. The lowest BCUT2D eigenvalue weighted by Gasteiger charge is -2.17. The number of hydrogen-bond acceptors (Lipinski definition) is 4. The van der Waals surface area contributed by atoms with E-state index in [1.165, 1.54) is 16.7 Å². The molecule has 1 aliphatic rings. The Bertz CT molecular complexity index is 1240. The van der Waals surface area contributed by atoms with Gasteiger partial charge >= 0.3 is 0 Å². The first kappa shape index (κ1) is 22.9. The fraction of sp³-hybridized carbons (Fsp3) is 0.214. The van der Waals surface area contributed by atoms with Gasteiger partial charge in [-0.25, -0.2) is 4.90 Å². The van der Waals surface area contributed by atoms with Crippen LogP contribution in [0.5, 0.6) is 0 Å². The summed E-state index contributed by atoms with van der Waals surface area (Å²) in [5.41, 5.74) is 6.18. The van der Waals surface area contributed by atoms with Crippen LogP contribution in [0.25, 0.3) is 0 Å². The highest BCUT2D eigenvalue weighted by atomic mass is 32.2. The van der Waals surface area contributed by atoms with E-state index in [0.29, 0.717) is 22.2 Å². The van der Waals surface area contributed by atoms with Crippen LogP contribution < -0.4 is 10.2 Å². The number of benzene rings is 3. The molecule has 4 nitrogen and oxygen atoms in total. The van der Waals surface area contributed by atoms with Crippen LogP contribution in [0.1, 0.15) is 42.0 Å². The summed E-state index contributed by atoms with van der Waals surface area (Å²) in [6.45, 7) is 10.3. The van der Waals surface area contributed by atoms with E-state index in [0.717, 1.165) is 32.8 Å². The number of nitrogens with one attached hydrogen (secondary N) is 1. The molecule has 4 rings (SSSR count). The van der Waals surface area contributed by atoms with Gasteiger partial charge in [0.2, 0.25) is 0 Å². The number of aryl methyl sites for hydroxylation is 2. The highest BCUT2D eigenvalue weighted by Crippen LogP contribution is 2.38. The summed E-state index contributed by atoms with van der Waals surface area (Å²) in [6, 6.07) is 21.5. The van der Waals surface area contributed by atoms with Crippen molar-refractivity contribution in [3.05, 3.63) is 99.6 Å². The van der Waals surface area contributed by atoms with Gasteiger partial charge in [0, 0.05) is 10.6 Å². The third-order valence-electron chi connectivity index (χ3n) is 5.96. The molecule has 0 fully saturated rings. The molecule has 0 saturated heterocycles. The average molecular weight is 457 g/mol. The summed E-state index contributed by atoms with van der Waals surface area (Å²) >= 11 is 1.32. The number of hydrogen-bond donors (Lipinski definition) is 1. The van der Waals surface area contributed by atoms with Crippen molar-refractivity contribution in [2.45, 2.75) is 45.4 Å². The Morgan fingerprint density at radius 2 is 1.48 bits per heavy atom. The van der Waals surface area contributed by atoms with Crippen LogP contribution in [0.3, 0.4) is 0 Å². The first-order chi connectivity index (χ1) is 15.8. The Labute approximate surface area is 199 Å². The van der Waals surface area contributed by atoms with Gasteiger partial charge in [0.05, 0.1) is 5.69 Å². The van der Waals surface area contributed by atoms with E-state index < -0.39 is 0 Å². The Hall–Kier alpha value is -3.31. The number of anilines is 2. The van der Waals surface area contributed by atoms with Crippen molar-refractivity contribution in [2.75, 3.05) is 10.2 Å². The maximum absolute atomic E-state index is 13.6. The molecular formula is C28H28N2O2S. The highest BCUT2D eigenvalue weighted by molar-refractivity contribution is 8.04. The van der Waals surface area contributed by atoms with Crippen LogP contribution >= 0.6 is 11.8 Å². The Kier molecular flexibility index (Phi) is 6.43. The fourth-order valence-corrected chi connectivity index (χ4v) is 4.63. The highest BCUT2D eigenvalue weighted by Gasteiger charge is 2.40. The Morgan fingerprint density at radius 1 is 0.818 bits per heavy atom. The van der Waals surface area contributed by atoms with Gasteiger partial charge in [-0.15, -0.1) is 0 Å². The van der Waals surface area contributed by atoms with Gasteiger partial charge in [0.15, 0.2) is 0 Å². The first-order valence-electron chi connectivity index (χ1n) is 11.1. The number of carbonyl (C=O) groups excluding carboxylic acids is 2. The van der Waals surface area contributed by atoms with Crippen LogP contribution in [0.2, 0.25) is 0 Å². The zero-order valence-electron chi connectivity index (χ0n) is 19.6. The lowest BCUT2D eigenvalue weighted by molar-refractivity contribution is -0.120. The second-order valence-corrected chi connectivity index (χ2v) is 9.77. The molecule has 0 bridgehead atoms. The van der Waals surface area contributed by atoms with Crippen molar-refractivity contribution in [1.29, 1.82) is 0 Å². The molecule has 0 atom stereocenters. The number of carbonyl (C=O) groups is 2. The van der Waals surface area contributed by atoms with Crippen LogP contribution in [-0.2, 0) is 9.59 Å². The lowest BCUT2D eigenvalue weighted by Crippen LogP contribution is -2.32. The molecule has 0 radical (unpaired) electrons. The van der Waals surface area contributed by atoms with Gasteiger partial charge in [0.25, 0.3) is 11.8 Å². The van der Waals surface area contributed by atoms with E-state index in [9.17, 15) is 9.59 Å². The number of amides is 2. The molecule has 0 aliphatic carbocycles. The molecule has 168 valence electrons. The SMILES string of the molecule is Cc1ccc(SC2=C(Nc3cccc(C)c3C)C(=O)N(c3ccc(C(C)C)cc3)C2=O)cc1. The summed E-state index contributed by atoms with van der Waals surface area (Å²) < 4.78 is 0. The van der Waals surface area contributed by atoms with Gasteiger partial charge in [-0.2, -0.15) is 0 Å². The maximum Gasteiger partial charge on any atom is 0.283 e. The van der Waals surface area contributed by atoms with Crippen LogP contribution in [-0.4, -0.2) is 11.8 Å². The molecule has 0 spiro atoms. The van der Waals surface area contributed by atoms with Crippen LogP contribution in [0.4, 0.5) is 11.4 Å². The molecule has 1 N–H and O–H groups in total. The monoisotopic (exact) mass is 456 g/mol. The van der Waals surface area contributed by atoms with E-state index in [1.807, 2.05) is 87.5 Å². The van der Waals surface area contributed by atoms with Gasteiger partial charge in [-0.05, 0) is 73.7 Å². The molecule has 1 aliphatic heterocycles. The Balaban J connectivity index is 1.75. The van der Waals surface area contributed by atoms with E-state index in [4.69, 9.17) is 0 Å². The first-order valence-corrected chi connectivity index (χ1v) is 11.9. The summed E-state index contributed by atoms with van der Waals surface area (Å²) in [5.74, 6) is -0.278. The minimum Gasteiger partial charge on any atom is -0.350 e. The molecule has 0 unspecified atom stereocenters. The normalized spacial score (nSPS) is 13.9. The summed E-state index contributed by atoms with van der Waals surface area (Å²) in [4.78, 5) is 29.7. The molecule has 1 heterocycles. The topological polar surface area (TPSA) is 49.4 Å². The van der Waals surface area contributed by atoms with Gasteiger partial charge < -0.3 is 5.32 Å². The predicted octanol–water partition coefficient (Wildman–Crippen LogP) is 6.72. The van der Waals surface area contributed by atoms with E-state index >= 15 is 0 Å². The zero-order chi connectivity index (χ0) is 23.7. The predicted molar refractivity (Wildman–Crippen MR) is 137 cm³/mol.